The summed E-state index contributed by atoms with van der Waals surface area (Å²) in [4.78, 5) is 12.4. The summed E-state index contributed by atoms with van der Waals surface area (Å²) in [6, 6.07) is 13.3. The van der Waals surface area contributed by atoms with E-state index in [0.29, 0.717) is 16.7 Å². The number of hydrogen-bond donors (Lipinski definition) is 0. The molecule has 0 saturated carbocycles. The second kappa shape index (κ2) is 8.68. The van der Waals surface area contributed by atoms with Gasteiger partial charge in [-0.15, -0.1) is 10.2 Å². The van der Waals surface area contributed by atoms with Crippen molar-refractivity contribution in [3.05, 3.63) is 65.7 Å². The third-order valence-corrected chi connectivity index (χ3v) is 4.85. The molecular weight excluding hydrogens is 369 g/mol. The predicted molar refractivity (Wildman–Crippen MR) is 99.8 cm³/mol. The molecule has 0 aliphatic heterocycles. The Morgan fingerprint density at radius 2 is 1.96 bits per heavy atom. The van der Waals surface area contributed by atoms with Gasteiger partial charge in [0.15, 0.2) is 16.8 Å². The lowest BCUT2D eigenvalue weighted by molar-refractivity contribution is 0.101. The number of carbonyl (C=O) groups excluding carboxylic acids is 1. The van der Waals surface area contributed by atoms with Crippen LogP contribution in [0.15, 0.2) is 53.7 Å². The van der Waals surface area contributed by atoms with E-state index in [1.165, 1.54) is 37.1 Å². The molecule has 0 bridgehead atoms. The molecule has 0 N–H and O–H groups in total. The van der Waals surface area contributed by atoms with Gasteiger partial charge in [-0.2, -0.15) is 0 Å². The monoisotopic (exact) mass is 387 g/mol. The van der Waals surface area contributed by atoms with Gasteiger partial charge in [-0.25, -0.2) is 4.39 Å². The number of benzene rings is 2. The van der Waals surface area contributed by atoms with Gasteiger partial charge >= 0.3 is 0 Å². The Kier molecular flexibility index (Phi) is 6.08. The summed E-state index contributed by atoms with van der Waals surface area (Å²) in [6.07, 6.45) is 0. The number of carbonyl (C=O) groups is 1. The fourth-order valence-electron chi connectivity index (χ4n) is 2.37. The second-order valence-corrected chi connectivity index (χ2v) is 6.56. The van der Waals surface area contributed by atoms with Crippen LogP contribution in [-0.4, -0.2) is 33.4 Å². The number of thioether (sulfide) groups is 1. The first-order valence-corrected chi connectivity index (χ1v) is 9.12. The van der Waals surface area contributed by atoms with Gasteiger partial charge in [-0.1, -0.05) is 30.0 Å². The van der Waals surface area contributed by atoms with E-state index in [9.17, 15) is 9.18 Å². The van der Waals surface area contributed by atoms with Gasteiger partial charge in [0.25, 0.3) is 0 Å². The van der Waals surface area contributed by atoms with Crippen LogP contribution in [0.2, 0.25) is 0 Å². The minimum absolute atomic E-state index is 0.0886. The van der Waals surface area contributed by atoms with Crippen LogP contribution in [0.1, 0.15) is 16.2 Å². The molecule has 0 spiro atoms. The van der Waals surface area contributed by atoms with Gasteiger partial charge < -0.3 is 14.0 Å². The Morgan fingerprint density at radius 3 is 2.70 bits per heavy atom. The SMILES string of the molecule is COc1ccc(F)cc1C(=O)CSc1nnc(COc2ccccc2)n1C. The summed E-state index contributed by atoms with van der Waals surface area (Å²) in [5.41, 5.74) is 0.208. The van der Waals surface area contributed by atoms with Gasteiger partial charge in [0.1, 0.15) is 23.9 Å². The Bertz CT molecular complexity index is 931. The Morgan fingerprint density at radius 1 is 1.19 bits per heavy atom. The largest absolute Gasteiger partial charge is 0.496 e. The molecule has 3 rings (SSSR count). The van der Waals surface area contributed by atoms with Gasteiger partial charge in [-0.05, 0) is 30.3 Å². The summed E-state index contributed by atoms with van der Waals surface area (Å²) >= 11 is 1.22. The van der Waals surface area contributed by atoms with Crippen LogP contribution in [0.3, 0.4) is 0 Å². The van der Waals surface area contributed by atoms with Crippen molar-refractivity contribution in [2.24, 2.45) is 7.05 Å². The van der Waals surface area contributed by atoms with Crippen LogP contribution < -0.4 is 9.47 Å². The smallest absolute Gasteiger partial charge is 0.191 e. The van der Waals surface area contributed by atoms with Crippen molar-refractivity contribution in [1.82, 2.24) is 14.8 Å². The second-order valence-electron chi connectivity index (χ2n) is 5.62. The number of para-hydroxylation sites is 1. The van der Waals surface area contributed by atoms with Crippen molar-refractivity contribution >= 4 is 17.5 Å². The summed E-state index contributed by atoms with van der Waals surface area (Å²) < 4.78 is 26.0. The molecule has 27 heavy (non-hydrogen) atoms. The zero-order chi connectivity index (χ0) is 19.2. The molecule has 1 heterocycles. The lowest BCUT2D eigenvalue weighted by Gasteiger charge is -2.08. The summed E-state index contributed by atoms with van der Waals surface area (Å²) in [6.45, 7) is 0.264. The Labute approximate surface area is 160 Å². The molecule has 0 unspecified atom stereocenters. The first kappa shape index (κ1) is 18.9. The van der Waals surface area contributed by atoms with Crippen molar-refractivity contribution in [2.45, 2.75) is 11.8 Å². The number of methoxy groups -OCH3 is 1. The van der Waals surface area contributed by atoms with E-state index in [0.717, 1.165) is 5.75 Å². The van der Waals surface area contributed by atoms with Gasteiger partial charge in [0, 0.05) is 7.05 Å². The Hall–Kier alpha value is -2.87. The lowest BCUT2D eigenvalue weighted by Crippen LogP contribution is -2.07. The highest BCUT2D eigenvalue weighted by atomic mass is 32.2. The highest BCUT2D eigenvalue weighted by molar-refractivity contribution is 7.99. The summed E-state index contributed by atoms with van der Waals surface area (Å²) in [7, 11) is 3.25. The summed E-state index contributed by atoms with van der Waals surface area (Å²) in [5, 5.41) is 8.77. The number of hydrogen-bond acceptors (Lipinski definition) is 6. The van der Waals surface area contributed by atoms with E-state index in [-0.39, 0.29) is 23.7 Å². The predicted octanol–water partition coefficient (Wildman–Crippen LogP) is 3.52. The number of Topliss-reactive ketones (excluding diaryl/α,β-unsaturated/α-hetero) is 1. The number of rotatable bonds is 8. The van der Waals surface area contributed by atoms with E-state index < -0.39 is 5.82 Å². The number of ketones is 1. The van der Waals surface area contributed by atoms with Crippen molar-refractivity contribution in [2.75, 3.05) is 12.9 Å². The first-order chi connectivity index (χ1) is 13.1. The number of aromatic nitrogens is 3. The van der Waals surface area contributed by atoms with Crippen molar-refractivity contribution < 1.29 is 18.7 Å². The highest BCUT2D eigenvalue weighted by Crippen LogP contribution is 2.24. The molecule has 0 saturated heterocycles. The van der Waals surface area contributed by atoms with Crippen LogP contribution in [0.25, 0.3) is 0 Å². The maximum Gasteiger partial charge on any atom is 0.191 e. The number of ether oxygens (including phenoxy) is 2. The molecule has 2 aromatic carbocycles. The number of nitrogens with zero attached hydrogens (tertiary/aromatic N) is 3. The molecule has 8 heteroatoms. The standard InChI is InChI=1S/C19H18FN3O3S/c1-23-18(11-26-14-6-4-3-5-7-14)21-22-19(23)27-12-16(24)15-10-13(20)8-9-17(15)25-2/h3-10H,11-12H2,1-2H3. The molecular formula is C19H18FN3O3S. The Balaban J connectivity index is 1.62. The normalized spacial score (nSPS) is 10.6. The summed E-state index contributed by atoms with van der Waals surface area (Å²) in [5.74, 6) is 1.08. The third-order valence-electron chi connectivity index (χ3n) is 3.83. The molecule has 3 aromatic rings. The molecule has 0 fully saturated rings. The van der Waals surface area contributed by atoms with Gasteiger partial charge in [0.05, 0.1) is 18.4 Å². The van der Waals surface area contributed by atoms with Gasteiger partial charge in [0.2, 0.25) is 0 Å². The zero-order valence-electron chi connectivity index (χ0n) is 14.9. The van der Waals surface area contributed by atoms with E-state index in [1.807, 2.05) is 30.3 Å². The fraction of sp³-hybridized carbons (Fsp3) is 0.211. The van der Waals surface area contributed by atoms with Crippen molar-refractivity contribution in [3.63, 3.8) is 0 Å². The maximum atomic E-state index is 13.4. The lowest BCUT2D eigenvalue weighted by atomic mass is 10.1. The van der Waals surface area contributed by atoms with E-state index >= 15 is 0 Å². The van der Waals surface area contributed by atoms with Crippen molar-refractivity contribution in [1.29, 1.82) is 0 Å². The van der Waals surface area contributed by atoms with Gasteiger partial charge in [-0.3, -0.25) is 4.79 Å². The van der Waals surface area contributed by atoms with Crippen LogP contribution in [0, 0.1) is 5.82 Å². The molecule has 140 valence electrons. The first-order valence-electron chi connectivity index (χ1n) is 8.14. The molecule has 0 radical (unpaired) electrons. The van der Waals surface area contributed by atoms with Crippen LogP contribution >= 0.6 is 11.8 Å². The molecule has 0 aliphatic rings. The van der Waals surface area contributed by atoms with E-state index in [2.05, 4.69) is 10.2 Å². The minimum Gasteiger partial charge on any atom is -0.496 e. The van der Waals surface area contributed by atoms with E-state index in [1.54, 1.807) is 11.6 Å². The van der Waals surface area contributed by atoms with Crippen LogP contribution in [0.5, 0.6) is 11.5 Å². The third kappa shape index (κ3) is 4.65. The van der Waals surface area contributed by atoms with Crippen LogP contribution in [-0.2, 0) is 13.7 Å². The van der Waals surface area contributed by atoms with E-state index in [4.69, 9.17) is 9.47 Å². The van der Waals surface area contributed by atoms with Crippen molar-refractivity contribution in [3.8, 4) is 11.5 Å². The quantitative estimate of drug-likeness (QED) is 0.435. The maximum absolute atomic E-state index is 13.4. The minimum atomic E-state index is -0.483. The average Bonchev–Trinajstić information content (AvgIpc) is 3.05. The topological polar surface area (TPSA) is 66.2 Å². The fourth-order valence-corrected chi connectivity index (χ4v) is 3.18. The average molecular weight is 387 g/mol. The molecule has 0 amide bonds. The number of halogens is 1. The van der Waals surface area contributed by atoms with Crippen LogP contribution in [0.4, 0.5) is 4.39 Å². The molecule has 0 atom stereocenters. The molecule has 6 nitrogen and oxygen atoms in total. The highest BCUT2D eigenvalue weighted by Gasteiger charge is 2.16. The molecule has 1 aromatic heterocycles. The molecule has 0 aliphatic carbocycles. The zero-order valence-corrected chi connectivity index (χ0v) is 15.7.